The lowest BCUT2D eigenvalue weighted by Crippen LogP contribution is -2.58. The number of carbonyl (C=O) groups is 5. The van der Waals surface area contributed by atoms with Gasteiger partial charge in [0.25, 0.3) is 0 Å². The number of carboxylic acids is 2. The molecule has 0 radical (unpaired) electrons. The number of nitrogens with zero attached hydrogens (tertiary/aromatic N) is 1. The normalized spacial score (nSPS) is 13.9. The number of amides is 3. The molecule has 13 nitrogen and oxygen atoms in total. The van der Waals surface area contributed by atoms with Crippen LogP contribution in [-0.2, 0) is 36.8 Å². The Morgan fingerprint density at radius 3 is 2.10 bits per heavy atom. The fourth-order valence-electron chi connectivity index (χ4n) is 3.61. The predicted molar refractivity (Wildman–Crippen MR) is 144 cm³/mol. The number of carboxylic acid groups (broad SMARTS) is 2. The molecule has 0 fully saturated rings. The first kappa shape index (κ1) is 31.3. The lowest BCUT2D eigenvalue weighted by Gasteiger charge is -2.25. The molecule has 39 heavy (non-hydrogen) atoms. The number of H-pyrrole nitrogens is 1. The van der Waals surface area contributed by atoms with E-state index in [2.05, 4.69) is 25.9 Å². The molecule has 0 bridgehead atoms. The quantitative estimate of drug-likeness (QED) is 0.133. The summed E-state index contributed by atoms with van der Waals surface area (Å²) < 4.78 is 0. The highest BCUT2D eigenvalue weighted by Gasteiger charge is 2.31. The number of carbonyl (C=O) groups excluding carboxylic acids is 3. The third-order valence-electron chi connectivity index (χ3n) is 5.76. The number of aromatic nitrogens is 2. The second-order valence-corrected chi connectivity index (χ2v) is 9.80. The molecule has 8 N–H and O–H groups in total. The molecule has 2 rings (SSSR count). The van der Waals surface area contributed by atoms with Gasteiger partial charge >= 0.3 is 11.9 Å². The summed E-state index contributed by atoms with van der Waals surface area (Å²) in [6.45, 7) is 0. The van der Waals surface area contributed by atoms with Gasteiger partial charge in [0.2, 0.25) is 17.7 Å². The van der Waals surface area contributed by atoms with Gasteiger partial charge in [0.1, 0.15) is 18.1 Å². The van der Waals surface area contributed by atoms with E-state index >= 15 is 0 Å². The number of hydrogen-bond acceptors (Lipinski definition) is 8. The van der Waals surface area contributed by atoms with E-state index in [1.807, 2.05) is 6.26 Å². The van der Waals surface area contributed by atoms with Crippen molar-refractivity contribution in [1.82, 2.24) is 25.9 Å². The van der Waals surface area contributed by atoms with E-state index in [1.165, 1.54) is 24.3 Å². The summed E-state index contributed by atoms with van der Waals surface area (Å²) in [7, 11) is 0. The van der Waals surface area contributed by atoms with Crippen molar-refractivity contribution in [2.75, 3.05) is 12.0 Å². The zero-order valence-electron chi connectivity index (χ0n) is 21.5. The number of aromatic amines is 1. The number of hydrogen-bond donors (Lipinski definition) is 7. The lowest BCUT2D eigenvalue weighted by molar-refractivity contribution is -0.143. The van der Waals surface area contributed by atoms with Crippen LogP contribution in [0.25, 0.3) is 0 Å². The van der Waals surface area contributed by atoms with Crippen LogP contribution in [0.3, 0.4) is 0 Å². The van der Waals surface area contributed by atoms with Crippen LogP contribution >= 0.6 is 11.8 Å². The molecule has 212 valence electrons. The van der Waals surface area contributed by atoms with Crippen molar-refractivity contribution in [2.24, 2.45) is 5.73 Å². The van der Waals surface area contributed by atoms with E-state index < -0.39 is 60.2 Å². The molecule has 1 aromatic carbocycles. The molecule has 4 atom stereocenters. The Morgan fingerprint density at radius 1 is 0.923 bits per heavy atom. The minimum Gasteiger partial charge on any atom is -0.481 e. The van der Waals surface area contributed by atoms with Gasteiger partial charge in [-0.2, -0.15) is 11.8 Å². The van der Waals surface area contributed by atoms with E-state index in [4.69, 9.17) is 10.8 Å². The number of benzene rings is 1. The van der Waals surface area contributed by atoms with Gasteiger partial charge in [-0.3, -0.25) is 19.2 Å². The fourth-order valence-corrected chi connectivity index (χ4v) is 4.10. The molecular weight excluding hydrogens is 528 g/mol. The molecule has 0 saturated heterocycles. The first-order valence-electron chi connectivity index (χ1n) is 12.2. The Kier molecular flexibility index (Phi) is 13.0. The highest BCUT2D eigenvalue weighted by molar-refractivity contribution is 7.98. The standard InChI is InChI=1S/C25H34N6O7S/c1-39-10-9-17(26)22(34)30-20(12-16-13-27-14-28-16)24(36)31-19(11-15-5-3-2-4-6-15)23(35)29-18(25(37)38)7-8-21(32)33/h2-6,13-14,17-20H,7-12,26H2,1H3,(H,27,28)(H,29,35)(H,30,34)(H,31,36)(H,32,33)(H,37,38). The van der Waals surface area contributed by atoms with E-state index in [0.29, 0.717) is 23.4 Å². The van der Waals surface area contributed by atoms with Crippen molar-refractivity contribution in [3.63, 3.8) is 0 Å². The van der Waals surface area contributed by atoms with Crippen LogP contribution in [-0.4, -0.2) is 86.0 Å². The summed E-state index contributed by atoms with van der Waals surface area (Å²) in [5, 5.41) is 26.0. The summed E-state index contributed by atoms with van der Waals surface area (Å²) in [5.41, 5.74) is 7.21. The van der Waals surface area contributed by atoms with Crippen molar-refractivity contribution < 1.29 is 34.2 Å². The molecule has 1 aromatic heterocycles. The number of imidazole rings is 1. The predicted octanol–water partition coefficient (Wildman–Crippen LogP) is -0.321. The monoisotopic (exact) mass is 562 g/mol. The average molecular weight is 563 g/mol. The molecular formula is C25H34N6O7S. The third kappa shape index (κ3) is 11.2. The van der Waals surface area contributed by atoms with E-state index in [0.717, 1.165) is 0 Å². The summed E-state index contributed by atoms with van der Waals surface area (Å²) in [6, 6.07) is 4.08. The second-order valence-electron chi connectivity index (χ2n) is 8.81. The summed E-state index contributed by atoms with van der Waals surface area (Å²) >= 11 is 1.53. The maximum atomic E-state index is 13.4. The van der Waals surface area contributed by atoms with E-state index in [-0.39, 0.29) is 19.3 Å². The number of nitrogens with two attached hydrogens (primary N) is 1. The first-order valence-corrected chi connectivity index (χ1v) is 13.6. The van der Waals surface area contributed by atoms with Crippen LogP contribution in [0.5, 0.6) is 0 Å². The molecule has 0 spiro atoms. The average Bonchev–Trinajstić information content (AvgIpc) is 3.42. The largest absolute Gasteiger partial charge is 0.481 e. The van der Waals surface area contributed by atoms with Gasteiger partial charge in [-0.1, -0.05) is 30.3 Å². The van der Waals surface area contributed by atoms with Crippen LogP contribution in [0.4, 0.5) is 0 Å². The smallest absolute Gasteiger partial charge is 0.326 e. The van der Waals surface area contributed by atoms with Gasteiger partial charge in [0.15, 0.2) is 0 Å². The zero-order chi connectivity index (χ0) is 28.8. The number of thioether (sulfide) groups is 1. The van der Waals surface area contributed by atoms with Gasteiger partial charge in [0.05, 0.1) is 12.4 Å². The lowest BCUT2D eigenvalue weighted by atomic mass is 10.0. The molecule has 2 aromatic rings. The van der Waals surface area contributed by atoms with Gasteiger partial charge in [-0.25, -0.2) is 9.78 Å². The van der Waals surface area contributed by atoms with Crippen LogP contribution in [0.15, 0.2) is 42.9 Å². The number of rotatable bonds is 17. The Labute approximate surface area is 229 Å². The summed E-state index contributed by atoms with van der Waals surface area (Å²) in [5.74, 6) is -4.00. The molecule has 0 saturated carbocycles. The van der Waals surface area contributed by atoms with Crippen LogP contribution in [0.2, 0.25) is 0 Å². The summed E-state index contributed by atoms with van der Waals surface area (Å²) in [6.07, 6.45) is 4.44. The van der Waals surface area contributed by atoms with Gasteiger partial charge in [-0.05, 0) is 30.4 Å². The van der Waals surface area contributed by atoms with Gasteiger partial charge < -0.3 is 36.9 Å². The molecule has 4 unspecified atom stereocenters. The van der Waals surface area contributed by atoms with Crippen LogP contribution in [0, 0.1) is 0 Å². The Morgan fingerprint density at radius 2 is 1.54 bits per heavy atom. The zero-order valence-corrected chi connectivity index (χ0v) is 22.3. The molecule has 14 heteroatoms. The van der Waals surface area contributed by atoms with Gasteiger partial charge in [-0.15, -0.1) is 0 Å². The van der Waals surface area contributed by atoms with Crippen LogP contribution in [0.1, 0.15) is 30.5 Å². The Bertz CT molecular complexity index is 1100. The Balaban J connectivity index is 2.25. The van der Waals surface area contributed by atoms with Crippen molar-refractivity contribution in [3.05, 3.63) is 54.1 Å². The molecule has 0 aliphatic rings. The number of nitrogens with one attached hydrogen (secondary N) is 4. The van der Waals surface area contributed by atoms with Crippen LogP contribution < -0.4 is 21.7 Å². The molecule has 1 heterocycles. The topological polar surface area (TPSA) is 217 Å². The van der Waals surface area contributed by atoms with Crippen molar-refractivity contribution in [1.29, 1.82) is 0 Å². The molecule has 0 aliphatic carbocycles. The van der Waals surface area contributed by atoms with E-state index in [1.54, 1.807) is 30.3 Å². The SMILES string of the molecule is CSCCC(N)C(=O)NC(Cc1cnc[nH]1)C(=O)NC(Cc1ccccc1)C(=O)NC(CCC(=O)O)C(=O)O. The molecule has 0 aliphatic heterocycles. The highest BCUT2D eigenvalue weighted by atomic mass is 32.2. The van der Waals surface area contributed by atoms with E-state index in [9.17, 15) is 29.1 Å². The maximum Gasteiger partial charge on any atom is 0.326 e. The minimum absolute atomic E-state index is 0.0155. The maximum absolute atomic E-state index is 13.4. The first-order chi connectivity index (χ1) is 18.6. The van der Waals surface area contributed by atoms with Crippen molar-refractivity contribution in [2.45, 2.75) is 56.3 Å². The van der Waals surface area contributed by atoms with Gasteiger partial charge in [0, 0.05) is 31.2 Å². The Hall–Kier alpha value is -3.91. The van der Waals surface area contributed by atoms with Crippen molar-refractivity contribution in [3.8, 4) is 0 Å². The minimum atomic E-state index is -1.47. The molecule has 3 amide bonds. The highest BCUT2D eigenvalue weighted by Crippen LogP contribution is 2.08. The van der Waals surface area contributed by atoms with Crippen molar-refractivity contribution >= 4 is 41.4 Å². The second kappa shape index (κ2) is 16.1. The fraction of sp³-hybridized carbons (Fsp3) is 0.440. The summed E-state index contributed by atoms with van der Waals surface area (Å²) in [4.78, 5) is 68.6. The third-order valence-corrected chi connectivity index (χ3v) is 6.40. The number of aliphatic carboxylic acids is 2.